The Morgan fingerprint density at radius 1 is 1.14 bits per heavy atom. The molecule has 0 unspecified atom stereocenters. The van der Waals surface area contributed by atoms with Gasteiger partial charge in [0, 0.05) is 37.8 Å². The molecule has 6 heteroatoms. The van der Waals surface area contributed by atoms with Gasteiger partial charge in [-0.15, -0.1) is 0 Å². The molecule has 2 heterocycles. The largest absolute Gasteiger partial charge is 0.370 e. The van der Waals surface area contributed by atoms with Gasteiger partial charge >= 0.3 is 0 Å². The van der Waals surface area contributed by atoms with Gasteiger partial charge in [-0.1, -0.05) is 13.8 Å². The minimum Gasteiger partial charge on any atom is -0.370 e. The molecule has 2 N–H and O–H groups in total. The maximum Gasteiger partial charge on any atom is 0.153 e. The second-order valence-corrected chi connectivity index (χ2v) is 5.14. The lowest BCUT2D eigenvalue weighted by Gasteiger charge is -2.14. The lowest BCUT2D eigenvalue weighted by Crippen LogP contribution is -2.10. The zero-order valence-electron chi connectivity index (χ0n) is 13.3. The first kappa shape index (κ1) is 15.3. The number of anilines is 3. The zero-order valence-corrected chi connectivity index (χ0v) is 13.3. The molecule has 0 aliphatic rings. The van der Waals surface area contributed by atoms with E-state index in [1.165, 1.54) is 0 Å². The lowest BCUT2D eigenvalue weighted by molar-refractivity contribution is 0.770. The van der Waals surface area contributed by atoms with Crippen LogP contribution in [0, 0.1) is 6.92 Å². The predicted octanol–water partition coefficient (Wildman–Crippen LogP) is 3.04. The maximum atomic E-state index is 4.62. The van der Waals surface area contributed by atoms with Gasteiger partial charge in [-0.2, -0.15) is 5.10 Å². The van der Waals surface area contributed by atoms with E-state index >= 15 is 0 Å². The Bertz CT molecular complexity index is 590. The molecular weight excluding hydrogens is 264 g/mol. The molecule has 0 saturated heterocycles. The van der Waals surface area contributed by atoms with Crippen molar-refractivity contribution in [3.63, 3.8) is 0 Å². The van der Waals surface area contributed by atoms with E-state index in [9.17, 15) is 0 Å². The Hall–Kier alpha value is -2.11. The SMILES string of the molecule is CCCNc1nc(CCC)nc(Nc2ccn(C)n2)c1C. The van der Waals surface area contributed by atoms with Crippen LogP contribution in [-0.2, 0) is 13.5 Å². The van der Waals surface area contributed by atoms with E-state index in [1.54, 1.807) is 4.68 Å². The molecule has 2 rings (SSSR count). The second-order valence-electron chi connectivity index (χ2n) is 5.14. The normalized spacial score (nSPS) is 10.7. The average Bonchev–Trinajstić information content (AvgIpc) is 2.86. The summed E-state index contributed by atoms with van der Waals surface area (Å²) in [7, 11) is 1.90. The molecule has 0 aliphatic carbocycles. The fourth-order valence-electron chi connectivity index (χ4n) is 2.04. The summed E-state index contributed by atoms with van der Waals surface area (Å²) in [4.78, 5) is 9.24. The smallest absolute Gasteiger partial charge is 0.153 e. The van der Waals surface area contributed by atoms with Crippen LogP contribution in [0.15, 0.2) is 12.3 Å². The van der Waals surface area contributed by atoms with Gasteiger partial charge in [-0.25, -0.2) is 9.97 Å². The van der Waals surface area contributed by atoms with Gasteiger partial charge in [-0.05, 0) is 19.8 Å². The van der Waals surface area contributed by atoms with Crippen LogP contribution in [0.4, 0.5) is 17.5 Å². The fraction of sp³-hybridized carbons (Fsp3) is 0.533. The Morgan fingerprint density at radius 3 is 2.52 bits per heavy atom. The van der Waals surface area contributed by atoms with Crippen molar-refractivity contribution in [2.24, 2.45) is 7.05 Å². The van der Waals surface area contributed by atoms with Crippen LogP contribution < -0.4 is 10.6 Å². The zero-order chi connectivity index (χ0) is 15.2. The topological polar surface area (TPSA) is 67.7 Å². The Labute approximate surface area is 126 Å². The Morgan fingerprint density at radius 2 is 1.90 bits per heavy atom. The van der Waals surface area contributed by atoms with Crippen molar-refractivity contribution < 1.29 is 0 Å². The summed E-state index contributed by atoms with van der Waals surface area (Å²) in [5, 5.41) is 11.0. The highest BCUT2D eigenvalue weighted by Gasteiger charge is 2.11. The van der Waals surface area contributed by atoms with Gasteiger partial charge < -0.3 is 10.6 Å². The van der Waals surface area contributed by atoms with Crippen LogP contribution in [0.2, 0.25) is 0 Å². The lowest BCUT2D eigenvalue weighted by atomic mass is 10.2. The third kappa shape index (κ3) is 3.93. The molecule has 0 atom stereocenters. The summed E-state index contributed by atoms with van der Waals surface area (Å²) in [6, 6.07) is 1.93. The summed E-state index contributed by atoms with van der Waals surface area (Å²) in [6.45, 7) is 7.21. The molecule has 2 aromatic rings. The van der Waals surface area contributed by atoms with Crippen LogP contribution >= 0.6 is 0 Å². The molecule has 0 radical (unpaired) electrons. The number of aromatic nitrogens is 4. The number of hydrogen-bond donors (Lipinski definition) is 2. The molecule has 6 nitrogen and oxygen atoms in total. The van der Waals surface area contributed by atoms with Crippen molar-refractivity contribution in [1.29, 1.82) is 0 Å². The number of nitrogens with zero attached hydrogens (tertiary/aromatic N) is 4. The first-order chi connectivity index (χ1) is 10.1. The predicted molar refractivity (Wildman–Crippen MR) is 86.0 cm³/mol. The summed E-state index contributed by atoms with van der Waals surface area (Å²) < 4.78 is 1.77. The van der Waals surface area contributed by atoms with Crippen molar-refractivity contribution in [3.8, 4) is 0 Å². The third-order valence-electron chi connectivity index (χ3n) is 3.17. The van der Waals surface area contributed by atoms with Crippen molar-refractivity contribution in [1.82, 2.24) is 19.7 Å². The van der Waals surface area contributed by atoms with Crippen LogP contribution in [0.3, 0.4) is 0 Å². The minimum atomic E-state index is 0.795. The molecule has 0 bridgehead atoms. The molecule has 114 valence electrons. The molecule has 2 aromatic heterocycles. The molecule has 0 aliphatic heterocycles. The standard InChI is InChI=1S/C15H24N6/c1-5-7-12-17-14(16-9-6-2)11(3)15(18-12)19-13-8-10-21(4)20-13/h8,10H,5-7,9H2,1-4H3,(H2,16,17,18,19,20). The Kier molecular flexibility index (Phi) is 5.14. The molecule has 0 fully saturated rings. The summed E-state index contributed by atoms with van der Waals surface area (Å²) in [5.74, 6) is 3.39. The van der Waals surface area contributed by atoms with Gasteiger partial charge in [0.2, 0.25) is 0 Å². The van der Waals surface area contributed by atoms with Crippen molar-refractivity contribution in [2.75, 3.05) is 17.2 Å². The van der Waals surface area contributed by atoms with Gasteiger partial charge in [0.25, 0.3) is 0 Å². The Balaban J connectivity index is 2.30. The highest BCUT2D eigenvalue weighted by Crippen LogP contribution is 2.23. The molecule has 0 aromatic carbocycles. The fourth-order valence-corrected chi connectivity index (χ4v) is 2.04. The third-order valence-corrected chi connectivity index (χ3v) is 3.17. The quantitative estimate of drug-likeness (QED) is 0.819. The minimum absolute atomic E-state index is 0.795. The van der Waals surface area contributed by atoms with Gasteiger partial charge in [0.15, 0.2) is 5.82 Å². The first-order valence-electron chi connectivity index (χ1n) is 7.52. The number of hydrogen-bond acceptors (Lipinski definition) is 5. The molecular formula is C15H24N6. The number of aryl methyl sites for hydroxylation is 2. The van der Waals surface area contributed by atoms with Crippen LogP contribution in [0.5, 0.6) is 0 Å². The van der Waals surface area contributed by atoms with Crippen LogP contribution in [0.1, 0.15) is 38.1 Å². The van der Waals surface area contributed by atoms with Crippen LogP contribution in [0.25, 0.3) is 0 Å². The summed E-state index contributed by atoms with van der Waals surface area (Å²) in [6.07, 6.45) is 4.87. The van der Waals surface area contributed by atoms with Gasteiger partial charge in [-0.3, -0.25) is 4.68 Å². The van der Waals surface area contributed by atoms with E-state index in [1.807, 2.05) is 26.2 Å². The highest BCUT2D eigenvalue weighted by atomic mass is 15.3. The second kappa shape index (κ2) is 7.06. The number of nitrogens with one attached hydrogen (secondary N) is 2. The monoisotopic (exact) mass is 288 g/mol. The van der Waals surface area contributed by atoms with Crippen molar-refractivity contribution >= 4 is 17.5 Å². The van der Waals surface area contributed by atoms with Crippen molar-refractivity contribution in [3.05, 3.63) is 23.7 Å². The molecule has 0 saturated carbocycles. The van der Waals surface area contributed by atoms with Crippen molar-refractivity contribution in [2.45, 2.75) is 40.0 Å². The van der Waals surface area contributed by atoms with E-state index in [-0.39, 0.29) is 0 Å². The maximum absolute atomic E-state index is 4.62. The van der Waals surface area contributed by atoms with E-state index in [2.05, 4.69) is 39.5 Å². The summed E-state index contributed by atoms with van der Waals surface area (Å²) in [5.41, 5.74) is 1.02. The van der Waals surface area contributed by atoms with E-state index < -0.39 is 0 Å². The van der Waals surface area contributed by atoms with E-state index in [0.29, 0.717) is 0 Å². The van der Waals surface area contributed by atoms with Gasteiger partial charge in [0.1, 0.15) is 17.5 Å². The highest BCUT2D eigenvalue weighted by molar-refractivity contribution is 5.62. The van der Waals surface area contributed by atoms with E-state index in [4.69, 9.17) is 0 Å². The number of rotatable bonds is 7. The van der Waals surface area contributed by atoms with E-state index in [0.717, 1.165) is 54.6 Å². The molecule has 0 spiro atoms. The first-order valence-corrected chi connectivity index (χ1v) is 7.52. The van der Waals surface area contributed by atoms with Gasteiger partial charge in [0.05, 0.1) is 0 Å². The molecule has 0 amide bonds. The summed E-state index contributed by atoms with van der Waals surface area (Å²) >= 11 is 0. The average molecular weight is 288 g/mol. The molecule has 21 heavy (non-hydrogen) atoms. The van der Waals surface area contributed by atoms with Crippen LogP contribution in [-0.4, -0.2) is 26.3 Å².